The second-order valence-corrected chi connectivity index (χ2v) is 6.34. The number of hydrogen-bond acceptors (Lipinski definition) is 7. The average Bonchev–Trinajstić information content (AvgIpc) is 3.23. The first-order valence-corrected chi connectivity index (χ1v) is 9.01. The van der Waals surface area contributed by atoms with Gasteiger partial charge >= 0.3 is 0 Å². The molecule has 0 aliphatic carbocycles. The third-order valence-electron chi connectivity index (χ3n) is 4.35. The van der Waals surface area contributed by atoms with Crippen LogP contribution in [0.2, 0.25) is 0 Å². The summed E-state index contributed by atoms with van der Waals surface area (Å²) in [6.45, 7) is 2.69. The molecule has 0 spiro atoms. The third-order valence-corrected chi connectivity index (χ3v) is 4.35. The molecule has 2 N–H and O–H groups in total. The second kappa shape index (κ2) is 8.09. The van der Waals surface area contributed by atoms with Gasteiger partial charge in [-0.3, -0.25) is 9.59 Å². The lowest BCUT2D eigenvalue weighted by Gasteiger charge is -2.18. The minimum absolute atomic E-state index is 0.129. The standard InChI is InChI=1S/C20H19N3O6/c1-12(13-2-4-15-17(8-13)27-7-6-26-15)22-23-19(24)10-21-20(25)14-3-5-16-18(9-14)29-11-28-16/h2-5,8-9H,6-7,10-11H2,1H3,(H,21,25)(H,23,24)/b22-12+. The molecule has 0 aromatic heterocycles. The van der Waals surface area contributed by atoms with E-state index < -0.39 is 11.8 Å². The van der Waals surface area contributed by atoms with E-state index in [0.29, 0.717) is 47.5 Å². The number of rotatable bonds is 5. The highest BCUT2D eigenvalue weighted by Gasteiger charge is 2.17. The van der Waals surface area contributed by atoms with E-state index in [9.17, 15) is 9.59 Å². The molecule has 2 heterocycles. The summed E-state index contributed by atoms with van der Waals surface area (Å²) >= 11 is 0. The maximum atomic E-state index is 12.2. The smallest absolute Gasteiger partial charge is 0.259 e. The summed E-state index contributed by atoms with van der Waals surface area (Å²) in [4.78, 5) is 24.2. The van der Waals surface area contributed by atoms with Crippen LogP contribution >= 0.6 is 0 Å². The van der Waals surface area contributed by atoms with Crippen molar-refractivity contribution in [2.45, 2.75) is 6.92 Å². The summed E-state index contributed by atoms with van der Waals surface area (Å²) in [5.41, 5.74) is 4.19. The van der Waals surface area contributed by atoms with E-state index >= 15 is 0 Å². The normalized spacial score (nSPS) is 14.3. The van der Waals surface area contributed by atoms with Crippen molar-refractivity contribution in [3.8, 4) is 23.0 Å². The number of carbonyl (C=O) groups is 2. The van der Waals surface area contributed by atoms with Crippen molar-refractivity contribution in [1.29, 1.82) is 0 Å². The van der Waals surface area contributed by atoms with Gasteiger partial charge in [-0.25, -0.2) is 5.43 Å². The zero-order chi connectivity index (χ0) is 20.2. The number of hydrazone groups is 1. The summed E-state index contributed by atoms with van der Waals surface area (Å²) < 4.78 is 21.5. The molecule has 150 valence electrons. The van der Waals surface area contributed by atoms with Crippen molar-refractivity contribution in [3.05, 3.63) is 47.5 Å². The predicted octanol–water partition coefficient (Wildman–Crippen LogP) is 1.46. The van der Waals surface area contributed by atoms with E-state index in [0.717, 1.165) is 5.56 Å². The zero-order valence-corrected chi connectivity index (χ0v) is 15.7. The number of amides is 2. The molecule has 0 saturated heterocycles. The van der Waals surface area contributed by atoms with Crippen molar-refractivity contribution in [2.75, 3.05) is 26.6 Å². The zero-order valence-electron chi connectivity index (χ0n) is 15.7. The van der Waals surface area contributed by atoms with Gasteiger partial charge in [0, 0.05) is 11.1 Å². The fourth-order valence-corrected chi connectivity index (χ4v) is 2.82. The van der Waals surface area contributed by atoms with E-state index in [2.05, 4.69) is 15.8 Å². The SMILES string of the molecule is C/C(=N\NC(=O)CNC(=O)c1ccc2c(c1)OCO2)c1ccc2c(c1)OCCO2. The first kappa shape index (κ1) is 18.6. The summed E-state index contributed by atoms with van der Waals surface area (Å²) in [7, 11) is 0. The van der Waals surface area contributed by atoms with Gasteiger partial charge in [0.1, 0.15) is 13.2 Å². The number of fused-ring (bicyclic) bond motifs is 2. The number of carbonyl (C=O) groups excluding carboxylic acids is 2. The molecule has 0 unspecified atom stereocenters. The van der Waals surface area contributed by atoms with E-state index in [1.54, 1.807) is 37.3 Å². The number of ether oxygens (including phenoxy) is 4. The second-order valence-electron chi connectivity index (χ2n) is 6.34. The van der Waals surface area contributed by atoms with Crippen LogP contribution in [0.3, 0.4) is 0 Å². The molecule has 0 atom stereocenters. The van der Waals surface area contributed by atoms with Crippen LogP contribution in [0.5, 0.6) is 23.0 Å². The lowest BCUT2D eigenvalue weighted by Crippen LogP contribution is -2.35. The van der Waals surface area contributed by atoms with Gasteiger partial charge in [0.05, 0.1) is 12.3 Å². The van der Waals surface area contributed by atoms with Gasteiger partial charge in [-0.15, -0.1) is 0 Å². The quantitative estimate of drug-likeness (QED) is 0.584. The first-order valence-electron chi connectivity index (χ1n) is 9.01. The van der Waals surface area contributed by atoms with Crippen LogP contribution in [-0.4, -0.2) is 44.1 Å². The van der Waals surface area contributed by atoms with E-state index in [1.807, 2.05) is 6.07 Å². The Morgan fingerprint density at radius 2 is 1.52 bits per heavy atom. The van der Waals surface area contributed by atoms with Crippen molar-refractivity contribution >= 4 is 17.5 Å². The van der Waals surface area contributed by atoms with Crippen LogP contribution < -0.4 is 29.7 Å². The summed E-state index contributed by atoms with van der Waals surface area (Å²) in [5.74, 6) is 1.57. The number of nitrogens with one attached hydrogen (secondary N) is 2. The molecule has 0 bridgehead atoms. The molecule has 2 aromatic carbocycles. The Balaban J connectivity index is 1.31. The van der Waals surface area contributed by atoms with Gasteiger partial charge < -0.3 is 24.3 Å². The maximum Gasteiger partial charge on any atom is 0.259 e. The minimum atomic E-state index is -0.448. The van der Waals surface area contributed by atoms with Gasteiger partial charge in [0.25, 0.3) is 11.8 Å². The molecular weight excluding hydrogens is 378 g/mol. The van der Waals surface area contributed by atoms with Gasteiger partial charge in [-0.2, -0.15) is 5.10 Å². The fourth-order valence-electron chi connectivity index (χ4n) is 2.82. The van der Waals surface area contributed by atoms with Crippen LogP contribution in [0.1, 0.15) is 22.8 Å². The molecule has 9 heteroatoms. The fraction of sp³-hybridized carbons (Fsp3) is 0.250. The molecule has 2 aliphatic rings. The molecule has 9 nitrogen and oxygen atoms in total. The Bertz CT molecular complexity index is 988. The molecule has 0 radical (unpaired) electrons. The Kier molecular flexibility index (Phi) is 5.19. The first-order chi connectivity index (χ1) is 14.1. The Morgan fingerprint density at radius 3 is 2.34 bits per heavy atom. The molecule has 4 rings (SSSR count). The summed E-state index contributed by atoms with van der Waals surface area (Å²) in [6, 6.07) is 10.3. The molecule has 2 amide bonds. The minimum Gasteiger partial charge on any atom is -0.486 e. The van der Waals surface area contributed by atoms with Gasteiger partial charge in [-0.1, -0.05) is 0 Å². The highest BCUT2D eigenvalue weighted by molar-refractivity contribution is 6.00. The lowest BCUT2D eigenvalue weighted by molar-refractivity contribution is -0.120. The van der Waals surface area contributed by atoms with Crippen LogP contribution in [-0.2, 0) is 4.79 Å². The van der Waals surface area contributed by atoms with E-state index in [1.165, 1.54) is 0 Å². The largest absolute Gasteiger partial charge is 0.486 e. The Hall–Kier alpha value is -3.75. The lowest BCUT2D eigenvalue weighted by atomic mass is 10.1. The van der Waals surface area contributed by atoms with Crippen molar-refractivity contribution in [3.63, 3.8) is 0 Å². The van der Waals surface area contributed by atoms with Crippen LogP contribution in [0.25, 0.3) is 0 Å². The van der Waals surface area contributed by atoms with Crippen molar-refractivity contribution in [1.82, 2.24) is 10.7 Å². The van der Waals surface area contributed by atoms with Crippen molar-refractivity contribution in [2.24, 2.45) is 5.10 Å². The van der Waals surface area contributed by atoms with Crippen LogP contribution in [0.4, 0.5) is 0 Å². The summed E-state index contributed by atoms with van der Waals surface area (Å²) in [6.07, 6.45) is 0. The summed E-state index contributed by atoms with van der Waals surface area (Å²) in [5, 5.41) is 6.62. The van der Waals surface area contributed by atoms with Gasteiger partial charge in [0.15, 0.2) is 23.0 Å². The monoisotopic (exact) mass is 397 g/mol. The Labute approximate surface area is 166 Å². The van der Waals surface area contributed by atoms with Gasteiger partial charge in [-0.05, 0) is 43.3 Å². The van der Waals surface area contributed by atoms with Crippen molar-refractivity contribution < 1.29 is 28.5 Å². The molecule has 29 heavy (non-hydrogen) atoms. The molecule has 2 aliphatic heterocycles. The number of benzene rings is 2. The maximum absolute atomic E-state index is 12.2. The van der Waals surface area contributed by atoms with E-state index in [-0.39, 0.29) is 13.3 Å². The van der Waals surface area contributed by atoms with Crippen LogP contribution in [0, 0.1) is 0 Å². The topological polar surface area (TPSA) is 107 Å². The number of nitrogens with zero attached hydrogens (tertiary/aromatic N) is 1. The molecular formula is C20H19N3O6. The van der Waals surface area contributed by atoms with E-state index in [4.69, 9.17) is 18.9 Å². The molecule has 0 fully saturated rings. The predicted molar refractivity (Wildman–Crippen MR) is 103 cm³/mol. The molecule has 2 aromatic rings. The highest BCUT2D eigenvalue weighted by atomic mass is 16.7. The Morgan fingerprint density at radius 1 is 0.897 bits per heavy atom. The highest BCUT2D eigenvalue weighted by Crippen LogP contribution is 2.32. The van der Waals surface area contributed by atoms with Crippen LogP contribution in [0.15, 0.2) is 41.5 Å². The van der Waals surface area contributed by atoms with Gasteiger partial charge in [0.2, 0.25) is 6.79 Å². The third kappa shape index (κ3) is 4.23. The number of hydrogen-bond donors (Lipinski definition) is 2. The molecule has 0 saturated carbocycles. The average molecular weight is 397 g/mol.